The summed E-state index contributed by atoms with van der Waals surface area (Å²) in [6.45, 7) is 4.99. The highest BCUT2D eigenvalue weighted by Crippen LogP contribution is 2.28. The third-order valence-electron chi connectivity index (χ3n) is 3.51. The van der Waals surface area contributed by atoms with Crippen LogP contribution in [-0.2, 0) is 13.6 Å². The summed E-state index contributed by atoms with van der Waals surface area (Å²) in [5, 5.41) is 4.08. The van der Waals surface area contributed by atoms with Crippen LogP contribution >= 0.6 is 11.6 Å². The molecular formula is C15H19ClN2O. The van der Waals surface area contributed by atoms with Crippen LogP contribution in [0.1, 0.15) is 17.0 Å². The standard InChI is InChI=1S/C15H19ClN2O/c1-10-7-12(11(2)18(10)3)9-17-14-8-13(16)5-6-15(14)19-4/h5-8,17H,9H2,1-4H3. The first-order valence-corrected chi connectivity index (χ1v) is 6.60. The molecule has 0 aliphatic rings. The van der Waals surface area contributed by atoms with Gasteiger partial charge in [-0.1, -0.05) is 11.6 Å². The summed E-state index contributed by atoms with van der Waals surface area (Å²) in [5.41, 5.74) is 4.72. The highest BCUT2D eigenvalue weighted by Gasteiger charge is 2.08. The van der Waals surface area contributed by atoms with Gasteiger partial charge in [-0.05, 0) is 43.7 Å². The topological polar surface area (TPSA) is 26.2 Å². The van der Waals surface area contributed by atoms with Gasteiger partial charge in [-0.25, -0.2) is 0 Å². The Morgan fingerprint density at radius 3 is 2.58 bits per heavy atom. The number of rotatable bonds is 4. The van der Waals surface area contributed by atoms with Gasteiger partial charge in [0.05, 0.1) is 12.8 Å². The van der Waals surface area contributed by atoms with E-state index in [1.54, 1.807) is 7.11 Å². The van der Waals surface area contributed by atoms with Crippen molar-refractivity contribution in [3.63, 3.8) is 0 Å². The van der Waals surface area contributed by atoms with E-state index in [1.165, 1.54) is 17.0 Å². The molecule has 2 aromatic rings. The first-order chi connectivity index (χ1) is 9.02. The van der Waals surface area contributed by atoms with Crippen LogP contribution in [0.5, 0.6) is 5.75 Å². The Morgan fingerprint density at radius 1 is 1.26 bits per heavy atom. The van der Waals surface area contributed by atoms with E-state index in [0.29, 0.717) is 5.02 Å². The Hall–Kier alpha value is -1.61. The molecule has 0 aliphatic heterocycles. The van der Waals surface area contributed by atoms with E-state index in [1.807, 2.05) is 18.2 Å². The van der Waals surface area contributed by atoms with E-state index < -0.39 is 0 Å². The van der Waals surface area contributed by atoms with Crippen molar-refractivity contribution in [2.75, 3.05) is 12.4 Å². The van der Waals surface area contributed by atoms with Crippen molar-refractivity contribution in [1.82, 2.24) is 4.57 Å². The summed E-state index contributed by atoms with van der Waals surface area (Å²) in [4.78, 5) is 0. The van der Waals surface area contributed by atoms with Crippen LogP contribution in [0.3, 0.4) is 0 Å². The van der Waals surface area contributed by atoms with Crippen LogP contribution in [0, 0.1) is 13.8 Å². The minimum atomic E-state index is 0.698. The number of anilines is 1. The molecule has 0 bridgehead atoms. The quantitative estimate of drug-likeness (QED) is 0.917. The van der Waals surface area contributed by atoms with Crippen LogP contribution in [0.15, 0.2) is 24.3 Å². The number of benzene rings is 1. The summed E-state index contributed by atoms with van der Waals surface area (Å²) < 4.78 is 7.51. The van der Waals surface area contributed by atoms with Gasteiger partial charge >= 0.3 is 0 Å². The zero-order chi connectivity index (χ0) is 14.0. The van der Waals surface area contributed by atoms with Crippen molar-refractivity contribution in [1.29, 1.82) is 0 Å². The molecule has 1 N–H and O–H groups in total. The molecule has 3 nitrogen and oxygen atoms in total. The minimum Gasteiger partial charge on any atom is -0.495 e. The first kappa shape index (κ1) is 13.8. The van der Waals surface area contributed by atoms with E-state index in [4.69, 9.17) is 16.3 Å². The molecule has 1 aromatic carbocycles. The Bertz CT molecular complexity index is 590. The summed E-state index contributed by atoms with van der Waals surface area (Å²) in [6.07, 6.45) is 0. The maximum Gasteiger partial charge on any atom is 0.142 e. The molecule has 1 aromatic heterocycles. The normalized spacial score (nSPS) is 10.6. The molecule has 0 aliphatic carbocycles. The van der Waals surface area contributed by atoms with E-state index in [-0.39, 0.29) is 0 Å². The Labute approximate surface area is 119 Å². The molecule has 0 unspecified atom stereocenters. The fourth-order valence-electron chi connectivity index (χ4n) is 2.12. The molecule has 102 valence electrons. The summed E-state index contributed by atoms with van der Waals surface area (Å²) in [5.74, 6) is 0.801. The average molecular weight is 279 g/mol. The highest BCUT2D eigenvalue weighted by molar-refractivity contribution is 6.30. The predicted molar refractivity (Wildman–Crippen MR) is 80.2 cm³/mol. The molecule has 4 heteroatoms. The summed E-state index contributed by atoms with van der Waals surface area (Å²) in [6, 6.07) is 7.77. The van der Waals surface area contributed by atoms with Crippen LogP contribution in [0.4, 0.5) is 5.69 Å². The lowest BCUT2D eigenvalue weighted by molar-refractivity contribution is 0.416. The number of methoxy groups -OCH3 is 1. The van der Waals surface area contributed by atoms with Crippen molar-refractivity contribution in [2.45, 2.75) is 20.4 Å². The van der Waals surface area contributed by atoms with Gasteiger partial charge < -0.3 is 14.6 Å². The number of aryl methyl sites for hydroxylation is 1. The highest BCUT2D eigenvalue weighted by atomic mass is 35.5. The Balaban J connectivity index is 2.18. The molecule has 0 spiro atoms. The predicted octanol–water partition coefficient (Wildman–Crippen LogP) is 3.92. The lowest BCUT2D eigenvalue weighted by Crippen LogP contribution is -2.03. The molecule has 2 rings (SSSR count). The van der Waals surface area contributed by atoms with Gasteiger partial charge in [-0.3, -0.25) is 0 Å². The fraction of sp³-hybridized carbons (Fsp3) is 0.333. The zero-order valence-electron chi connectivity index (χ0n) is 11.7. The van der Waals surface area contributed by atoms with Gasteiger partial charge in [0.15, 0.2) is 0 Å². The number of hydrogen-bond acceptors (Lipinski definition) is 2. The van der Waals surface area contributed by atoms with Crippen LogP contribution < -0.4 is 10.1 Å². The molecule has 0 amide bonds. The van der Waals surface area contributed by atoms with E-state index in [9.17, 15) is 0 Å². The van der Waals surface area contributed by atoms with Crippen molar-refractivity contribution in [2.24, 2.45) is 7.05 Å². The molecule has 0 radical (unpaired) electrons. The third-order valence-corrected chi connectivity index (χ3v) is 3.75. The number of nitrogens with zero attached hydrogens (tertiary/aromatic N) is 1. The lowest BCUT2D eigenvalue weighted by Gasteiger charge is -2.11. The number of aromatic nitrogens is 1. The van der Waals surface area contributed by atoms with Gasteiger partial charge in [0, 0.05) is 30.0 Å². The van der Waals surface area contributed by atoms with Gasteiger partial charge in [-0.15, -0.1) is 0 Å². The second kappa shape index (κ2) is 5.57. The first-order valence-electron chi connectivity index (χ1n) is 6.22. The number of nitrogens with one attached hydrogen (secondary N) is 1. The van der Waals surface area contributed by atoms with E-state index in [0.717, 1.165) is 18.0 Å². The maximum atomic E-state index is 6.02. The molecule has 0 fully saturated rings. The molecule has 0 atom stereocenters. The van der Waals surface area contributed by atoms with Crippen molar-refractivity contribution >= 4 is 17.3 Å². The monoisotopic (exact) mass is 278 g/mol. The zero-order valence-corrected chi connectivity index (χ0v) is 12.5. The molecule has 0 saturated carbocycles. The summed E-state index contributed by atoms with van der Waals surface area (Å²) in [7, 11) is 3.74. The van der Waals surface area contributed by atoms with E-state index >= 15 is 0 Å². The smallest absolute Gasteiger partial charge is 0.142 e. The SMILES string of the molecule is COc1ccc(Cl)cc1NCc1cc(C)n(C)c1C. The van der Waals surface area contributed by atoms with Crippen LogP contribution in [-0.4, -0.2) is 11.7 Å². The summed E-state index contributed by atoms with van der Waals surface area (Å²) >= 11 is 6.02. The fourth-order valence-corrected chi connectivity index (χ4v) is 2.29. The van der Waals surface area contributed by atoms with Crippen molar-refractivity contribution in [3.8, 4) is 5.75 Å². The van der Waals surface area contributed by atoms with Crippen molar-refractivity contribution < 1.29 is 4.74 Å². The maximum absolute atomic E-state index is 6.02. The molecule has 0 saturated heterocycles. The third kappa shape index (κ3) is 2.87. The minimum absolute atomic E-state index is 0.698. The Kier molecular flexibility index (Phi) is 4.05. The molecular weight excluding hydrogens is 260 g/mol. The van der Waals surface area contributed by atoms with Gasteiger partial charge in [0.25, 0.3) is 0 Å². The second-order valence-electron chi connectivity index (χ2n) is 4.65. The number of halogens is 1. The molecule has 1 heterocycles. The lowest BCUT2D eigenvalue weighted by atomic mass is 10.2. The van der Waals surface area contributed by atoms with Crippen LogP contribution in [0.25, 0.3) is 0 Å². The van der Waals surface area contributed by atoms with E-state index in [2.05, 4.69) is 36.8 Å². The van der Waals surface area contributed by atoms with Gasteiger partial charge in [0.2, 0.25) is 0 Å². The van der Waals surface area contributed by atoms with Crippen LogP contribution in [0.2, 0.25) is 5.02 Å². The average Bonchev–Trinajstić information content (AvgIpc) is 2.64. The van der Waals surface area contributed by atoms with Crippen molar-refractivity contribution in [3.05, 3.63) is 46.2 Å². The largest absolute Gasteiger partial charge is 0.495 e. The van der Waals surface area contributed by atoms with Gasteiger partial charge in [0.1, 0.15) is 5.75 Å². The number of hydrogen-bond donors (Lipinski definition) is 1. The second-order valence-corrected chi connectivity index (χ2v) is 5.09. The van der Waals surface area contributed by atoms with Gasteiger partial charge in [-0.2, -0.15) is 0 Å². The number of ether oxygens (including phenoxy) is 1. The Morgan fingerprint density at radius 2 is 2.00 bits per heavy atom. The molecule has 19 heavy (non-hydrogen) atoms.